The first-order valence-electron chi connectivity index (χ1n) is 10.5. The standard InChI is InChI=1S/C23H25ClN4O3S/c1-15-8-11-17(14-20(15)27-32(2,30)31)25-23(29)22-19-6-4-3-5-7-21(19)28(26-22)18-12-9-16(24)10-13-18/h8-14,27H,3-7H2,1-2H3,(H,25,29). The number of halogens is 1. The van der Waals surface area contributed by atoms with Gasteiger partial charge < -0.3 is 5.32 Å². The Morgan fingerprint density at radius 2 is 1.78 bits per heavy atom. The van der Waals surface area contributed by atoms with Crippen LogP contribution in [0.15, 0.2) is 42.5 Å². The quantitative estimate of drug-likeness (QED) is 0.525. The van der Waals surface area contributed by atoms with E-state index in [-0.39, 0.29) is 5.91 Å². The number of amides is 1. The van der Waals surface area contributed by atoms with Crippen molar-refractivity contribution >= 4 is 38.9 Å². The third kappa shape index (κ3) is 4.97. The van der Waals surface area contributed by atoms with Gasteiger partial charge in [-0.05, 0) is 74.6 Å². The van der Waals surface area contributed by atoms with E-state index >= 15 is 0 Å². The predicted molar refractivity (Wildman–Crippen MR) is 127 cm³/mol. The molecule has 0 spiro atoms. The van der Waals surface area contributed by atoms with Crippen molar-refractivity contribution in [2.24, 2.45) is 0 Å². The van der Waals surface area contributed by atoms with E-state index in [9.17, 15) is 13.2 Å². The molecule has 4 rings (SSSR count). The molecule has 0 aliphatic heterocycles. The van der Waals surface area contributed by atoms with Crippen LogP contribution in [-0.2, 0) is 22.9 Å². The lowest BCUT2D eigenvalue weighted by Gasteiger charge is -2.11. The highest BCUT2D eigenvalue weighted by atomic mass is 35.5. The number of rotatable bonds is 5. The summed E-state index contributed by atoms with van der Waals surface area (Å²) in [6, 6.07) is 12.5. The minimum Gasteiger partial charge on any atom is -0.321 e. The fourth-order valence-corrected chi connectivity index (χ4v) is 4.70. The molecule has 9 heteroatoms. The van der Waals surface area contributed by atoms with Crippen LogP contribution < -0.4 is 10.0 Å². The summed E-state index contributed by atoms with van der Waals surface area (Å²) in [5.74, 6) is -0.315. The highest BCUT2D eigenvalue weighted by Gasteiger charge is 2.25. The Balaban J connectivity index is 1.68. The van der Waals surface area contributed by atoms with Crippen molar-refractivity contribution in [2.45, 2.75) is 39.0 Å². The Morgan fingerprint density at radius 3 is 2.50 bits per heavy atom. The molecule has 3 aromatic rings. The zero-order valence-corrected chi connectivity index (χ0v) is 19.6. The molecule has 1 aliphatic carbocycles. The molecular weight excluding hydrogens is 448 g/mol. The topological polar surface area (TPSA) is 93.1 Å². The van der Waals surface area contributed by atoms with E-state index in [0.717, 1.165) is 60.9 Å². The lowest BCUT2D eigenvalue weighted by atomic mass is 10.1. The van der Waals surface area contributed by atoms with Gasteiger partial charge in [0.15, 0.2) is 5.69 Å². The first-order valence-corrected chi connectivity index (χ1v) is 12.7. The van der Waals surface area contributed by atoms with Gasteiger partial charge >= 0.3 is 0 Å². The average molecular weight is 473 g/mol. The number of hydrogen-bond donors (Lipinski definition) is 2. The largest absolute Gasteiger partial charge is 0.321 e. The zero-order chi connectivity index (χ0) is 22.9. The summed E-state index contributed by atoms with van der Waals surface area (Å²) in [5.41, 5.74) is 4.96. The second kappa shape index (κ2) is 8.96. The summed E-state index contributed by atoms with van der Waals surface area (Å²) < 4.78 is 27.6. The summed E-state index contributed by atoms with van der Waals surface area (Å²) in [6.07, 6.45) is 5.90. The zero-order valence-electron chi connectivity index (χ0n) is 18.0. The number of aryl methyl sites for hydroxylation is 1. The van der Waals surface area contributed by atoms with Gasteiger partial charge in [-0.25, -0.2) is 13.1 Å². The number of sulfonamides is 1. The van der Waals surface area contributed by atoms with E-state index in [2.05, 4.69) is 15.1 Å². The Kier molecular flexibility index (Phi) is 6.26. The third-order valence-electron chi connectivity index (χ3n) is 5.51. The SMILES string of the molecule is Cc1ccc(NC(=O)c2nn(-c3ccc(Cl)cc3)c3c2CCCCC3)cc1NS(C)(=O)=O. The molecule has 0 unspecified atom stereocenters. The highest BCUT2D eigenvalue weighted by molar-refractivity contribution is 7.92. The van der Waals surface area contributed by atoms with Crippen molar-refractivity contribution in [3.63, 3.8) is 0 Å². The van der Waals surface area contributed by atoms with Gasteiger partial charge in [-0.15, -0.1) is 0 Å². The number of aromatic nitrogens is 2. The monoisotopic (exact) mass is 472 g/mol. The maximum Gasteiger partial charge on any atom is 0.276 e. The van der Waals surface area contributed by atoms with Crippen molar-refractivity contribution < 1.29 is 13.2 Å². The van der Waals surface area contributed by atoms with Crippen molar-refractivity contribution in [1.82, 2.24) is 9.78 Å². The van der Waals surface area contributed by atoms with Gasteiger partial charge in [-0.1, -0.05) is 24.1 Å². The minimum atomic E-state index is -3.43. The van der Waals surface area contributed by atoms with Gasteiger partial charge in [-0.2, -0.15) is 5.10 Å². The van der Waals surface area contributed by atoms with Crippen molar-refractivity contribution in [3.05, 3.63) is 70.0 Å². The molecule has 0 saturated heterocycles. The molecule has 168 valence electrons. The van der Waals surface area contributed by atoms with Crippen LogP contribution in [0.5, 0.6) is 0 Å². The van der Waals surface area contributed by atoms with Gasteiger partial charge in [0.2, 0.25) is 10.0 Å². The van der Waals surface area contributed by atoms with E-state index in [4.69, 9.17) is 11.6 Å². The predicted octanol–water partition coefficient (Wildman–Crippen LogP) is 4.73. The molecule has 1 aromatic heterocycles. The van der Waals surface area contributed by atoms with Crippen molar-refractivity contribution in [1.29, 1.82) is 0 Å². The van der Waals surface area contributed by atoms with Gasteiger partial charge in [0.05, 0.1) is 17.6 Å². The van der Waals surface area contributed by atoms with Crippen LogP contribution in [0.25, 0.3) is 5.69 Å². The number of benzene rings is 2. The van der Waals surface area contributed by atoms with Crippen LogP contribution >= 0.6 is 11.6 Å². The fourth-order valence-electron chi connectivity index (χ4n) is 3.95. The highest BCUT2D eigenvalue weighted by Crippen LogP contribution is 2.28. The van der Waals surface area contributed by atoms with Crippen LogP contribution in [0.4, 0.5) is 11.4 Å². The van der Waals surface area contributed by atoms with Crippen molar-refractivity contribution in [2.75, 3.05) is 16.3 Å². The molecule has 1 heterocycles. The molecule has 2 N–H and O–H groups in total. The number of hydrogen-bond acceptors (Lipinski definition) is 4. The van der Waals surface area contributed by atoms with E-state index < -0.39 is 10.0 Å². The van der Waals surface area contributed by atoms with E-state index in [1.165, 1.54) is 0 Å². The summed E-state index contributed by atoms with van der Waals surface area (Å²) in [4.78, 5) is 13.2. The van der Waals surface area contributed by atoms with E-state index in [1.807, 2.05) is 28.9 Å². The van der Waals surface area contributed by atoms with Gasteiger partial charge in [0, 0.05) is 22.0 Å². The van der Waals surface area contributed by atoms with Crippen LogP contribution in [0, 0.1) is 6.92 Å². The number of anilines is 2. The molecule has 2 aromatic carbocycles. The summed E-state index contributed by atoms with van der Waals surface area (Å²) in [5, 5.41) is 8.21. The van der Waals surface area contributed by atoms with Crippen molar-refractivity contribution in [3.8, 4) is 5.69 Å². The van der Waals surface area contributed by atoms with E-state index in [1.54, 1.807) is 25.1 Å². The first kappa shape index (κ1) is 22.4. The molecule has 1 aliphatic rings. The minimum absolute atomic E-state index is 0.315. The molecule has 0 fully saturated rings. The Labute approximate surface area is 192 Å². The number of nitrogens with zero attached hydrogens (tertiary/aromatic N) is 2. The van der Waals surface area contributed by atoms with Crippen LogP contribution in [0.1, 0.15) is 46.6 Å². The summed E-state index contributed by atoms with van der Waals surface area (Å²) >= 11 is 6.04. The number of carbonyl (C=O) groups is 1. The second-order valence-corrected chi connectivity index (χ2v) is 10.3. The lowest BCUT2D eigenvalue weighted by Crippen LogP contribution is -2.16. The maximum atomic E-state index is 13.2. The Morgan fingerprint density at radius 1 is 1.06 bits per heavy atom. The van der Waals surface area contributed by atoms with Crippen LogP contribution in [0.3, 0.4) is 0 Å². The van der Waals surface area contributed by atoms with E-state index in [0.29, 0.717) is 22.1 Å². The molecule has 1 amide bonds. The molecular formula is C23H25ClN4O3S. The lowest BCUT2D eigenvalue weighted by molar-refractivity contribution is 0.102. The van der Waals surface area contributed by atoms with Gasteiger partial charge in [0.25, 0.3) is 5.91 Å². The molecule has 0 saturated carbocycles. The number of carbonyl (C=O) groups excluding carboxylic acids is 1. The number of fused-ring (bicyclic) bond motifs is 1. The first-order chi connectivity index (χ1) is 15.2. The molecule has 0 bridgehead atoms. The van der Waals surface area contributed by atoms with Crippen LogP contribution in [-0.4, -0.2) is 30.4 Å². The molecule has 0 radical (unpaired) electrons. The number of nitrogens with one attached hydrogen (secondary N) is 2. The Bertz CT molecular complexity index is 1270. The molecule has 7 nitrogen and oxygen atoms in total. The average Bonchev–Trinajstić information content (AvgIpc) is 2.91. The smallest absolute Gasteiger partial charge is 0.276 e. The molecule has 0 atom stereocenters. The maximum absolute atomic E-state index is 13.2. The van der Waals surface area contributed by atoms with Gasteiger partial charge in [-0.3, -0.25) is 9.52 Å². The summed E-state index contributed by atoms with van der Waals surface area (Å²) in [7, 11) is -3.43. The second-order valence-electron chi connectivity index (χ2n) is 8.08. The van der Waals surface area contributed by atoms with Crippen LogP contribution in [0.2, 0.25) is 5.02 Å². The Hall–Kier alpha value is -2.84. The summed E-state index contributed by atoms with van der Waals surface area (Å²) in [6.45, 7) is 1.80. The third-order valence-corrected chi connectivity index (χ3v) is 6.35. The van der Waals surface area contributed by atoms with Gasteiger partial charge in [0.1, 0.15) is 0 Å². The fraction of sp³-hybridized carbons (Fsp3) is 0.304. The normalized spacial score (nSPS) is 13.8. The molecule has 32 heavy (non-hydrogen) atoms.